The first-order chi connectivity index (χ1) is 9.81. The molecule has 0 fully saturated rings. The summed E-state index contributed by atoms with van der Waals surface area (Å²) in [5, 5.41) is 13.5. The average molecular weight is 293 g/mol. The molecule has 21 heavy (non-hydrogen) atoms. The third-order valence-electron chi connectivity index (χ3n) is 2.86. The van der Waals surface area contributed by atoms with Gasteiger partial charge in [-0.3, -0.25) is 19.9 Å². The minimum absolute atomic E-state index is 0.266. The molecule has 1 aromatic heterocycles. The van der Waals surface area contributed by atoms with Crippen LogP contribution in [-0.2, 0) is 16.0 Å². The highest BCUT2D eigenvalue weighted by atomic mass is 16.4. The number of urea groups is 1. The van der Waals surface area contributed by atoms with E-state index in [9.17, 15) is 14.4 Å². The van der Waals surface area contributed by atoms with E-state index in [1.807, 2.05) is 6.07 Å². The highest BCUT2D eigenvalue weighted by Crippen LogP contribution is 2.19. The summed E-state index contributed by atoms with van der Waals surface area (Å²) in [6.07, 6.45) is 3.68. The summed E-state index contributed by atoms with van der Waals surface area (Å²) < 4.78 is 0. The predicted octanol–water partition coefficient (Wildman–Crippen LogP) is 0.951. The number of nitrogens with one attached hydrogen (secondary N) is 2. The summed E-state index contributed by atoms with van der Waals surface area (Å²) >= 11 is 0. The van der Waals surface area contributed by atoms with Crippen molar-refractivity contribution in [2.24, 2.45) is 5.41 Å². The largest absolute Gasteiger partial charge is 0.481 e. The molecule has 0 saturated carbocycles. The van der Waals surface area contributed by atoms with Gasteiger partial charge in [-0.05, 0) is 31.9 Å². The molecular formula is C14H19N3O4. The molecule has 0 radical (unpaired) electrons. The highest BCUT2D eigenvalue weighted by Gasteiger charge is 2.30. The lowest BCUT2D eigenvalue weighted by Gasteiger charge is -2.17. The smallest absolute Gasteiger partial charge is 0.321 e. The Morgan fingerprint density at radius 2 is 2.05 bits per heavy atom. The van der Waals surface area contributed by atoms with E-state index in [1.165, 1.54) is 13.8 Å². The topological polar surface area (TPSA) is 108 Å². The minimum Gasteiger partial charge on any atom is -0.481 e. The van der Waals surface area contributed by atoms with Gasteiger partial charge in [0.1, 0.15) is 0 Å². The Balaban J connectivity index is 2.30. The van der Waals surface area contributed by atoms with Gasteiger partial charge in [-0.15, -0.1) is 0 Å². The number of imide groups is 1. The van der Waals surface area contributed by atoms with Crippen molar-refractivity contribution >= 4 is 17.9 Å². The first-order valence-corrected chi connectivity index (χ1v) is 6.51. The third-order valence-corrected chi connectivity index (χ3v) is 2.86. The maximum Gasteiger partial charge on any atom is 0.321 e. The van der Waals surface area contributed by atoms with Gasteiger partial charge in [-0.1, -0.05) is 6.07 Å². The van der Waals surface area contributed by atoms with Crippen molar-refractivity contribution in [3.63, 3.8) is 0 Å². The molecule has 7 heteroatoms. The molecule has 0 aromatic carbocycles. The molecule has 0 unspecified atom stereocenters. The third kappa shape index (κ3) is 6.03. The second kappa shape index (κ2) is 7.37. The van der Waals surface area contributed by atoms with E-state index in [0.717, 1.165) is 5.56 Å². The van der Waals surface area contributed by atoms with Crippen molar-refractivity contribution in [3.05, 3.63) is 30.1 Å². The molecule has 114 valence electrons. The molecule has 7 nitrogen and oxygen atoms in total. The molecule has 0 aliphatic rings. The van der Waals surface area contributed by atoms with Crippen LogP contribution in [0.1, 0.15) is 25.8 Å². The quantitative estimate of drug-likeness (QED) is 0.723. The van der Waals surface area contributed by atoms with Crippen LogP contribution in [0.5, 0.6) is 0 Å². The maximum absolute atomic E-state index is 11.6. The monoisotopic (exact) mass is 293 g/mol. The number of aromatic nitrogens is 1. The molecule has 3 amide bonds. The Bertz CT molecular complexity index is 514. The van der Waals surface area contributed by atoms with Crippen LogP contribution in [0.3, 0.4) is 0 Å². The fraction of sp³-hybridized carbons (Fsp3) is 0.429. The van der Waals surface area contributed by atoms with Gasteiger partial charge in [-0.25, -0.2) is 4.79 Å². The summed E-state index contributed by atoms with van der Waals surface area (Å²) in [5.41, 5.74) is -0.240. The van der Waals surface area contributed by atoms with Crippen molar-refractivity contribution in [1.82, 2.24) is 15.6 Å². The van der Waals surface area contributed by atoms with Crippen LogP contribution in [0.25, 0.3) is 0 Å². The van der Waals surface area contributed by atoms with Crippen LogP contribution in [0.2, 0.25) is 0 Å². The summed E-state index contributed by atoms with van der Waals surface area (Å²) in [5.74, 6) is -1.71. The van der Waals surface area contributed by atoms with Crippen LogP contribution in [0.4, 0.5) is 4.79 Å². The van der Waals surface area contributed by atoms with E-state index in [4.69, 9.17) is 5.11 Å². The molecular weight excluding hydrogens is 274 g/mol. The zero-order chi connectivity index (χ0) is 15.9. The molecule has 1 heterocycles. The van der Waals surface area contributed by atoms with Gasteiger partial charge in [0, 0.05) is 25.4 Å². The fourth-order valence-electron chi connectivity index (χ4n) is 1.56. The van der Waals surface area contributed by atoms with Crippen molar-refractivity contribution < 1.29 is 19.5 Å². The number of aliphatic carboxylic acids is 1. The Morgan fingerprint density at radius 1 is 1.33 bits per heavy atom. The summed E-state index contributed by atoms with van der Waals surface area (Å²) in [4.78, 5) is 37.9. The van der Waals surface area contributed by atoms with Gasteiger partial charge >= 0.3 is 12.0 Å². The van der Waals surface area contributed by atoms with Gasteiger partial charge in [0.25, 0.3) is 0 Å². The number of nitrogens with zero attached hydrogens (tertiary/aromatic N) is 1. The van der Waals surface area contributed by atoms with E-state index < -0.39 is 23.3 Å². The molecule has 1 aromatic rings. The van der Waals surface area contributed by atoms with E-state index in [2.05, 4.69) is 15.6 Å². The predicted molar refractivity (Wildman–Crippen MR) is 75.5 cm³/mol. The number of pyridine rings is 1. The first kappa shape index (κ1) is 16.6. The van der Waals surface area contributed by atoms with Crippen molar-refractivity contribution in [3.8, 4) is 0 Å². The number of rotatable bonds is 6. The van der Waals surface area contributed by atoms with Gasteiger partial charge in [0.15, 0.2) is 0 Å². The lowest BCUT2D eigenvalue weighted by molar-refractivity contribution is -0.149. The van der Waals surface area contributed by atoms with Crippen molar-refractivity contribution in [2.45, 2.75) is 26.7 Å². The standard InChI is InChI=1S/C14H19N3O4/c1-14(2,12(19)20)8-11(18)17-13(21)16-7-5-10-4-3-6-15-9-10/h3-4,6,9H,5,7-8H2,1-2H3,(H,19,20)(H2,16,17,18,21). The van der Waals surface area contributed by atoms with Gasteiger partial charge < -0.3 is 10.4 Å². The Morgan fingerprint density at radius 3 is 2.62 bits per heavy atom. The Kier molecular flexibility index (Phi) is 5.83. The van der Waals surface area contributed by atoms with E-state index >= 15 is 0 Å². The number of carboxylic acids is 1. The molecule has 1 rings (SSSR count). The maximum atomic E-state index is 11.6. The molecule has 3 N–H and O–H groups in total. The number of hydrogen-bond donors (Lipinski definition) is 3. The Hall–Kier alpha value is -2.44. The number of carboxylic acid groups (broad SMARTS) is 1. The lowest BCUT2D eigenvalue weighted by Crippen LogP contribution is -2.42. The van der Waals surface area contributed by atoms with Crippen LogP contribution in [-0.4, -0.2) is 34.5 Å². The molecule has 0 spiro atoms. The van der Waals surface area contributed by atoms with E-state index in [-0.39, 0.29) is 6.42 Å². The fourth-order valence-corrected chi connectivity index (χ4v) is 1.56. The van der Waals surface area contributed by atoms with Crippen LogP contribution < -0.4 is 10.6 Å². The van der Waals surface area contributed by atoms with E-state index in [1.54, 1.807) is 18.5 Å². The molecule has 0 bridgehead atoms. The van der Waals surface area contributed by atoms with Gasteiger partial charge in [-0.2, -0.15) is 0 Å². The lowest BCUT2D eigenvalue weighted by atomic mass is 9.89. The summed E-state index contributed by atoms with van der Waals surface area (Å²) in [6, 6.07) is 3.05. The molecule has 0 aliphatic heterocycles. The second-order valence-electron chi connectivity index (χ2n) is 5.28. The van der Waals surface area contributed by atoms with Crippen LogP contribution >= 0.6 is 0 Å². The number of carbonyl (C=O) groups excluding carboxylic acids is 2. The SMILES string of the molecule is CC(C)(CC(=O)NC(=O)NCCc1cccnc1)C(=O)O. The first-order valence-electron chi connectivity index (χ1n) is 6.51. The van der Waals surface area contributed by atoms with Gasteiger partial charge in [0.05, 0.1) is 5.41 Å². The summed E-state index contributed by atoms with van der Waals surface area (Å²) in [7, 11) is 0. The Labute approximate surface area is 122 Å². The molecule has 0 aliphatic carbocycles. The molecule has 0 saturated heterocycles. The van der Waals surface area contributed by atoms with Crippen LogP contribution in [0.15, 0.2) is 24.5 Å². The van der Waals surface area contributed by atoms with E-state index in [0.29, 0.717) is 13.0 Å². The minimum atomic E-state index is -1.21. The van der Waals surface area contributed by atoms with Crippen molar-refractivity contribution in [1.29, 1.82) is 0 Å². The van der Waals surface area contributed by atoms with Gasteiger partial charge in [0.2, 0.25) is 5.91 Å². The summed E-state index contributed by atoms with van der Waals surface area (Å²) in [6.45, 7) is 3.21. The zero-order valence-electron chi connectivity index (χ0n) is 12.0. The molecule has 0 atom stereocenters. The normalized spacial score (nSPS) is 10.8. The average Bonchev–Trinajstić information content (AvgIpc) is 2.38. The number of carbonyl (C=O) groups is 3. The highest BCUT2D eigenvalue weighted by molar-refractivity contribution is 5.96. The number of amides is 3. The zero-order valence-corrected chi connectivity index (χ0v) is 12.0. The second-order valence-corrected chi connectivity index (χ2v) is 5.28. The van der Waals surface area contributed by atoms with Crippen LogP contribution in [0, 0.1) is 5.41 Å². The van der Waals surface area contributed by atoms with Crippen molar-refractivity contribution in [2.75, 3.05) is 6.54 Å². The number of hydrogen-bond acceptors (Lipinski definition) is 4.